The molecule has 0 spiro atoms. The Hall–Kier alpha value is -4.08. The summed E-state index contributed by atoms with van der Waals surface area (Å²) in [5, 5.41) is 26.6. The van der Waals surface area contributed by atoms with Gasteiger partial charge >= 0.3 is 23.8 Å². The topological polar surface area (TPSA) is 151 Å². The molecule has 10 heteroatoms. The Morgan fingerprint density at radius 1 is 0.550 bits per heavy atom. The number of rotatable bonds is 26. The van der Waals surface area contributed by atoms with Crippen LogP contribution in [-0.2, 0) is 52.3 Å². The number of nitrogens with one attached hydrogen (secondary N) is 2. The van der Waals surface area contributed by atoms with E-state index in [1.165, 1.54) is 12.8 Å². The van der Waals surface area contributed by atoms with Crippen molar-refractivity contribution in [1.29, 1.82) is 0 Å². The van der Waals surface area contributed by atoms with Crippen LogP contribution in [0.15, 0.2) is 24.3 Å². The van der Waals surface area contributed by atoms with Gasteiger partial charge in [0.2, 0.25) is 0 Å². The number of hydrogen-bond donors (Lipinski definition) is 4. The highest BCUT2D eigenvalue weighted by Crippen LogP contribution is 2.35. The minimum Gasteiger partial charge on any atom is -0.507 e. The largest absolute Gasteiger partial charge is 0.507 e. The van der Waals surface area contributed by atoms with Gasteiger partial charge in [0.15, 0.2) is 0 Å². The molecule has 0 radical (unpaired) electrons. The fourth-order valence-electron chi connectivity index (χ4n) is 7.41. The Labute approximate surface area is 362 Å². The van der Waals surface area contributed by atoms with E-state index in [1.54, 1.807) is 0 Å². The molecule has 2 atom stereocenters. The molecule has 2 aromatic carbocycles. The number of hydrogen-bond acceptors (Lipinski definition) is 8. The first-order valence-electron chi connectivity index (χ1n) is 22.9. The van der Waals surface area contributed by atoms with E-state index >= 15 is 0 Å². The highest BCUT2D eigenvalue weighted by atomic mass is 16.5. The molecule has 4 N–H and O–H groups in total. The summed E-state index contributed by atoms with van der Waals surface area (Å²) in [6.45, 7) is 20.3. The van der Waals surface area contributed by atoms with Gasteiger partial charge in [0.1, 0.15) is 23.7 Å². The molecule has 60 heavy (non-hydrogen) atoms. The van der Waals surface area contributed by atoms with Gasteiger partial charge in [0.05, 0.1) is 13.1 Å². The lowest BCUT2D eigenvalue weighted by molar-refractivity contribution is -0.151. The molecule has 0 fully saturated rings. The molecular formula is C50H80N2O8. The summed E-state index contributed by atoms with van der Waals surface area (Å²) in [7, 11) is 0. The Bertz CT molecular complexity index is 1530. The zero-order valence-corrected chi connectivity index (χ0v) is 39.0. The van der Waals surface area contributed by atoms with E-state index < -0.39 is 24.0 Å². The van der Waals surface area contributed by atoms with Crippen molar-refractivity contribution < 1.29 is 38.9 Å². The Morgan fingerprint density at radius 3 is 1.22 bits per heavy atom. The van der Waals surface area contributed by atoms with Crippen LogP contribution < -0.4 is 10.6 Å². The molecule has 2 rings (SSSR count). The summed E-state index contributed by atoms with van der Waals surface area (Å²) >= 11 is 0. The average Bonchev–Trinajstić information content (AvgIpc) is 3.17. The third kappa shape index (κ3) is 19.5. The van der Waals surface area contributed by atoms with Crippen LogP contribution in [0.1, 0.15) is 192 Å². The Morgan fingerprint density at radius 2 is 0.883 bits per heavy atom. The van der Waals surface area contributed by atoms with Crippen LogP contribution in [0.25, 0.3) is 0 Å². The van der Waals surface area contributed by atoms with Gasteiger partial charge in [-0.1, -0.05) is 144 Å². The number of carbonyl (C=O) groups excluding carboxylic acids is 4. The number of carbonyl (C=O) groups is 4. The number of ether oxygens (including phenoxy) is 2. The van der Waals surface area contributed by atoms with Crippen molar-refractivity contribution in [2.45, 2.75) is 208 Å². The lowest BCUT2D eigenvalue weighted by atomic mass is 9.83. The van der Waals surface area contributed by atoms with Crippen LogP contribution in [0.2, 0.25) is 0 Å². The zero-order valence-electron chi connectivity index (χ0n) is 39.0. The lowest BCUT2D eigenvalue weighted by Crippen LogP contribution is -2.45. The van der Waals surface area contributed by atoms with Gasteiger partial charge in [-0.2, -0.15) is 0 Å². The molecule has 0 aliphatic carbocycles. The maximum absolute atomic E-state index is 13.1. The molecule has 0 aliphatic rings. The molecule has 2 aromatic rings. The predicted molar refractivity (Wildman–Crippen MR) is 241 cm³/mol. The minimum atomic E-state index is -0.838. The molecule has 0 aromatic heterocycles. The molecule has 10 nitrogen and oxygen atoms in total. The summed E-state index contributed by atoms with van der Waals surface area (Å²) in [6, 6.07) is 7.68. The SMILES string of the molecule is CCCCCCCCC(CNC(=O)C(=O)NCC(CCCCCCCC)OC(=O)CCc1cc(C)c(O)c(C(C)(C)C)c1)OC(=O)CCc1cc(C)c(O)c(C(C)(C)C)c1. The molecule has 2 unspecified atom stereocenters. The Kier molecular flexibility index (Phi) is 22.8. The Balaban J connectivity index is 2.03. The second-order valence-corrected chi connectivity index (χ2v) is 18.9. The van der Waals surface area contributed by atoms with Crippen LogP contribution in [0, 0.1) is 13.8 Å². The van der Waals surface area contributed by atoms with Crippen LogP contribution in [-0.4, -0.2) is 59.3 Å². The highest BCUT2D eigenvalue weighted by molar-refractivity contribution is 6.35. The van der Waals surface area contributed by atoms with Crippen molar-refractivity contribution >= 4 is 23.8 Å². The fraction of sp³-hybridized carbons (Fsp3) is 0.680. The van der Waals surface area contributed by atoms with Gasteiger partial charge in [-0.25, -0.2) is 0 Å². The second-order valence-electron chi connectivity index (χ2n) is 18.9. The lowest BCUT2D eigenvalue weighted by Gasteiger charge is -2.23. The molecule has 2 amide bonds. The summed E-state index contributed by atoms with van der Waals surface area (Å²) in [6.07, 6.45) is 13.8. The molecule has 0 saturated heterocycles. The summed E-state index contributed by atoms with van der Waals surface area (Å²) < 4.78 is 11.8. The first kappa shape index (κ1) is 52.1. The number of aromatic hydroxyl groups is 2. The van der Waals surface area contributed by atoms with Gasteiger partial charge in [-0.3, -0.25) is 19.2 Å². The van der Waals surface area contributed by atoms with E-state index in [1.807, 2.05) is 79.7 Å². The van der Waals surface area contributed by atoms with Gasteiger partial charge in [0, 0.05) is 12.8 Å². The number of esters is 2. The van der Waals surface area contributed by atoms with Crippen molar-refractivity contribution in [3.05, 3.63) is 57.6 Å². The van der Waals surface area contributed by atoms with Crippen LogP contribution in [0.5, 0.6) is 11.5 Å². The van der Waals surface area contributed by atoms with Gasteiger partial charge in [-0.15, -0.1) is 0 Å². The molecule has 338 valence electrons. The first-order valence-corrected chi connectivity index (χ1v) is 22.9. The third-order valence-corrected chi connectivity index (χ3v) is 11.1. The first-order chi connectivity index (χ1) is 28.3. The van der Waals surface area contributed by atoms with E-state index in [9.17, 15) is 29.4 Å². The normalized spacial score (nSPS) is 12.8. The summed E-state index contributed by atoms with van der Waals surface area (Å²) in [5.41, 5.74) is 4.53. The molecule has 0 bridgehead atoms. The summed E-state index contributed by atoms with van der Waals surface area (Å²) in [4.78, 5) is 52.4. The van der Waals surface area contributed by atoms with E-state index in [-0.39, 0.29) is 60.2 Å². The van der Waals surface area contributed by atoms with Gasteiger partial charge in [-0.05, 0) is 96.6 Å². The standard InChI is InChI=1S/C50H80N2O8/c1-11-13-15-17-19-21-23-39(59-43(53)27-25-37-29-35(3)45(55)41(31-37)49(5,6)7)33-51-47(57)48(58)52-34-40(24-22-20-18-16-14-12-2)60-44(54)28-26-38-30-36(4)46(56)42(32-38)50(8,9)10/h29-32,39-40,55-56H,11-28,33-34H2,1-10H3,(H,51,57)(H,52,58). The number of unbranched alkanes of at least 4 members (excludes halogenated alkanes) is 10. The molecule has 0 saturated carbocycles. The van der Waals surface area contributed by atoms with Gasteiger partial charge < -0.3 is 30.3 Å². The van der Waals surface area contributed by atoms with Crippen molar-refractivity contribution in [2.24, 2.45) is 0 Å². The minimum absolute atomic E-state index is 0.00325. The van der Waals surface area contributed by atoms with E-state index in [2.05, 4.69) is 24.5 Å². The van der Waals surface area contributed by atoms with Crippen LogP contribution >= 0.6 is 0 Å². The number of phenolic OH excluding ortho intramolecular Hbond substituents is 2. The molecular weight excluding hydrogens is 757 g/mol. The monoisotopic (exact) mass is 837 g/mol. The zero-order chi connectivity index (χ0) is 44.9. The van der Waals surface area contributed by atoms with Crippen LogP contribution in [0.4, 0.5) is 0 Å². The maximum Gasteiger partial charge on any atom is 0.309 e. The quantitative estimate of drug-likeness (QED) is 0.0415. The average molecular weight is 837 g/mol. The van der Waals surface area contributed by atoms with Crippen LogP contribution in [0.3, 0.4) is 0 Å². The van der Waals surface area contributed by atoms with Crippen molar-refractivity contribution in [3.63, 3.8) is 0 Å². The van der Waals surface area contributed by atoms with Gasteiger partial charge in [0.25, 0.3) is 0 Å². The third-order valence-electron chi connectivity index (χ3n) is 11.1. The van der Waals surface area contributed by atoms with E-state index in [0.29, 0.717) is 25.7 Å². The number of amides is 2. The van der Waals surface area contributed by atoms with E-state index in [0.717, 1.165) is 97.6 Å². The number of benzene rings is 2. The van der Waals surface area contributed by atoms with E-state index in [4.69, 9.17) is 9.47 Å². The van der Waals surface area contributed by atoms with Crippen molar-refractivity contribution in [3.8, 4) is 11.5 Å². The number of phenols is 2. The second kappa shape index (κ2) is 26.3. The molecule has 0 heterocycles. The molecule has 0 aliphatic heterocycles. The fourth-order valence-corrected chi connectivity index (χ4v) is 7.41. The van der Waals surface area contributed by atoms with Crippen molar-refractivity contribution in [2.75, 3.05) is 13.1 Å². The smallest absolute Gasteiger partial charge is 0.309 e. The number of aryl methyl sites for hydroxylation is 4. The predicted octanol–water partition coefficient (Wildman–Crippen LogP) is 10.4. The summed E-state index contributed by atoms with van der Waals surface area (Å²) in [5.74, 6) is -1.91. The van der Waals surface area contributed by atoms with Crippen molar-refractivity contribution in [1.82, 2.24) is 10.6 Å². The maximum atomic E-state index is 13.1. The highest BCUT2D eigenvalue weighted by Gasteiger charge is 2.24.